The van der Waals surface area contributed by atoms with E-state index in [2.05, 4.69) is 4.98 Å². The van der Waals surface area contributed by atoms with Crippen molar-refractivity contribution in [1.82, 2.24) is 4.98 Å². The highest BCUT2D eigenvalue weighted by Crippen LogP contribution is 2.30. The Labute approximate surface area is 116 Å². The summed E-state index contributed by atoms with van der Waals surface area (Å²) in [6, 6.07) is 6.48. The van der Waals surface area contributed by atoms with E-state index >= 15 is 0 Å². The lowest BCUT2D eigenvalue weighted by atomic mass is 10.1. The zero-order valence-electron chi connectivity index (χ0n) is 10.7. The number of benzene rings is 1. The van der Waals surface area contributed by atoms with Crippen LogP contribution in [-0.4, -0.2) is 4.98 Å². The Balaban J connectivity index is 2.46. The summed E-state index contributed by atoms with van der Waals surface area (Å²) < 4.78 is 19.3. The molecule has 1 aromatic carbocycles. The van der Waals surface area contributed by atoms with Gasteiger partial charge in [-0.2, -0.15) is 0 Å². The summed E-state index contributed by atoms with van der Waals surface area (Å²) in [4.78, 5) is 4.26. The maximum absolute atomic E-state index is 13.8. The number of pyridine rings is 1. The van der Waals surface area contributed by atoms with Gasteiger partial charge in [0.25, 0.3) is 0 Å². The second-order valence-corrected chi connectivity index (χ2v) is 4.63. The lowest BCUT2D eigenvalue weighted by Gasteiger charge is -2.13. The Morgan fingerprint density at radius 2 is 2.11 bits per heavy atom. The molecular weight excluding hydrogens is 267 g/mol. The smallest absolute Gasteiger partial charge is 0.224 e. The molecule has 0 spiro atoms. The predicted molar refractivity (Wildman–Crippen MR) is 73.1 cm³/mol. The van der Waals surface area contributed by atoms with Crippen LogP contribution in [0.3, 0.4) is 0 Å². The number of nitrogens with two attached hydrogens (primary N) is 1. The van der Waals surface area contributed by atoms with Crippen LogP contribution in [0.2, 0.25) is 5.02 Å². The normalized spacial score (nSPS) is 10.6. The zero-order chi connectivity index (χ0) is 14.0. The molecule has 0 aliphatic rings. The highest BCUT2D eigenvalue weighted by molar-refractivity contribution is 6.30. The van der Waals surface area contributed by atoms with Gasteiger partial charge in [-0.1, -0.05) is 17.7 Å². The molecule has 0 saturated carbocycles. The molecule has 0 aliphatic carbocycles. The Morgan fingerprint density at radius 3 is 2.79 bits per heavy atom. The van der Waals surface area contributed by atoms with Gasteiger partial charge in [-0.15, -0.1) is 0 Å². The van der Waals surface area contributed by atoms with Crippen molar-refractivity contribution in [3.8, 4) is 11.6 Å². The van der Waals surface area contributed by atoms with Gasteiger partial charge in [0.15, 0.2) is 11.6 Å². The van der Waals surface area contributed by atoms with E-state index < -0.39 is 5.82 Å². The minimum Gasteiger partial charge on any atom is -0.436 e. The first kappa shape index (κ1) is 13.8. The van der Waals surface area contributed by atoms with Crippen LogP contribution >= 0.6 is 11.6 Å². The van der Waals surface area contributed by atoms with Crippen molar-refractivity contribution < 1.29 is 9.13 Å². The van der Waals surface area contributed by atoms with Crippen LogP contribution in [0.5, 0.6) is 11.6 Å². The second-order valence-electron chi connectivity index (χ2n) is 4.22. The SMILES string of the molecule is Cc1cc(C)c(CN)c(Oc2cccc(Cl)c2F)n1. The first-order valence-electron chi connectivity index (χ1n) is 5.82. The summed E-state index contributed by atoms with van der Waals surface area (Å²) in [7, 11) is 0. The Kier molecular flexibility index (Phi) is 4.02. The van der Waals surface area contributed by atoms with Crippen molar-refractivity contribution in [2.24, 2.45) is 5.73 Å². The van der Waals surface area contributed by atoms with Gasteiger partial charge in [-0.05, 0) is 37.6 Å². The fourth-order valence-corrected chi connectivity index (χ4v) is 1.99. The Hall–Kier alpha value is -1.65. The van der Waals surface area contributed by atoms with E-state index in [1.54, 1.807) is 6.07 Å². The lowest BCUT2D eigenvalue weighted by molar-refractivity contribution is 0.421. The van der Waals surface area contributed by atoms with E-state index in [4.69, 9.17) is 22.1 Å². The number of aromatic nitrogens is 1. The van der Waals surface area contributed by atoms with Gasteiger partial charge in [0, 0.05) is 17.8 Å². The monoisotopic (exact) mass is 280 g/mol. The average molecular weight is 281 g/mol. The van der Waals surface area contributed by atoms with E-state index in [0.29, 0.717) is 5.88 Å². The van der Waals surface area contributed by atoms with Crippen molar-refractivity contribution in [3.05, 3.63) is 51.9 Å². The molecule has 19 heavy (non-hydrogen) atoms. The first-order valence-corrected chi connectivity index (χ1v) is 6.19. The molecule has 0 aliphatic heterocycles. The van der Waals surface area contributed by atoms with Gasteiger partial charge < -0.3 is 10.5 Å². The van der Waals surface area contributed by atoms with Crippen LogP contribution in [0.15, 0.2) is 24.3 Å². The topological polar surface area (TPSA) is 48.1 Å². The minimum absolute atomic E-state index is 0.0103. The number of aryl methyl sites for hydroxylation is 2. The summed E-state index contributed by atoms with van der Waals surface area (Å²) >= 11 is 5.72. The molecule has 1 aromatic heterocycles. The third-order valence-corrected chi connectivity index (χ3v) is 3.06. The van der Waals surface area contributed by atoms with E-state index in [1.165, 1.54) is 12.1 Å². The predicted octanol–water partition coefficient (Wildman–Crippen LogP) is 3.74. The van der Waals surface area contributed by atoms with Crippen LogP contribution in [0.4, 0.5) is 4.39 Å². The number of ether oxygens (including phenoxy) is 1. The summed E-state index contributed by atoms with van der Waals surface area (Å²) in [6.45, 7) is 4.03. The maximum Gasteiger partial charge on any atom is 0.224 e. The summed E-state index contributed by atoms with van der Waals surface area (Å²) in [5, 5.41) is 0.0103. The quantitative estimate of drug-likeness (QED) is 0.932. The molecule has 2 N–H and O–H groups in total. The van der Waals surface area contributed by atoms with Crippen molar-refractivity contribution in [1.29, 1.82) is 0 Å². The van der Waals surface area contributed by atoms with Crippen LogP contribution in [0.1, 0.15) is 16.8 Å². The molecule has 0 saturated heterocycles. The Bertz CT molecular complexity index is 617. The standard InChI is InChI=1S/C14H14ClFN2O/c1-8-6-9(2)18-14(10(8)7-17)19-12-5-3-4-11(15)13(12)16/h3-6H,7,17H2,1-2H3. The van der Waals surface area contributed by atoms with Gasteiger partial charge in [0.05, 0.1) is 5.02 Å². The van der Waals surface area contributed by atoms with Crippen molar-refractivity contribution >= 4 is 11.6 Å². The first-order chi connectivity index (χ1) is 9.02. The van der Waals surface area contributed by atoms with Gasteiger partial charge >= 0.3 is 0 Å². The number of nitrogens with zero attached hydrogens (tertiary/aromatic N) is 1. The summed E-state index contributed by atoms with van der Waals surface area (Å²) in [5.74, 6) is -0.242. The molecular formula is C14H14ClFN2O. The highest BCUT2D eigenvalue weighted by Gasteiger charge is 2.13. The third kappa shape index (κ3) is 2.85. The van der Waals surface area contributed by atoms with Gasteiger partial charge in [0.1, 0.15) is 0 Å². The van der Waals surface area contributed by atoms with E-state index in [0.717, 1.165) is 16.8 Å². The molecule has 5 heteroatoms. The molecule has 3 nitrogen and oxygen atoms in total. The molecule has 100 valence electrons. The zero-order valence-corrected chi connectivity index (χ0v) is 11.5. The van der Waals surface area contributed by atoms with Crippen LogP contribution < -0.4 is 10.5 Å². The van der Waals surface area contributed by atoms with Gasteiger partial charge in [-0.25, -0.2) is 9.37 Å². The summed E-state index contributed by atoms with van der Waals surface area (Å²) in [6.07, 6.45) is 0. The van der Waals surface area contributed by atoms with E-state index in [-0.39, 0.29) is 17.3 Å². The van der Waals surface area contributed by atoms with Crippen LogP contribution in [0.25, 0.3) is 0 Å². The number of hydrogen-bond acceptors (Lipinski definition) is 3. The van der Waals surface area contributed by atoms with Gasteiger partial charge in [-0.3, -0.25) is 0 Å². The van der Waals surface area contributed by atoms with Crippen molar-refractivity contribution in [2.45, 2.75) is 20.4 Å². The molecule has 0 atom stereocenters. The lowest BCUT2D eigenvalue weighted by Crippen LogP contribution is -2.05. The minimum atomic E-state index is -0.604. The van der Waals surface area contributed by atoms with Crippen LogP contribution in [-0.2, 0) is 6.54 Å². The average Bonchev–Trinajstić information content (AvgIpc) is 2.34. The molecule has 2 aromatic rings. The van der Waals surface area contributed by atoms with Gasteiger partial charge in [0.2, 0.25) is 5.88 Å². The maximum atomic E-state index is 13.8. The van der Waals surface area contributed by atoms with Crippen LogP contribution in [0, 0.1) is 19.7 Å². The fraction of sp³-hybridized carbons (Fsp3) is 0.214. The number of hydrogen-bond donors (Lipinski definition) is 1. The Morgan fingerprint density at radius 1 is 1.37 bits per heavy atom. The second kappa shape index (κ2) is 5.55. The molecule has 0 fully saturated rings. The molecule has 0 radical (unpaired) electrons. The highest BCUT2D eigenvalue weighted by atomic mass is 35.5. The molecule has 0 amide bonds. The molecule has 0 unspecified atom stereocenters. The third-order valence-electron chi connectivity index (χ3n) is 2.76. The molecule has 0 bridgehead atoms. The molecule has 2 rings (SSSR count). The van der Waals surface area contributed by atoms with E-state index in [1.807, 2.05) is 19.9 Å². The summed E-state index contributed by atoms with van der Waals surface area (Å²) in [5.41, 5.74) is 8.19. The van der Waals surface area contributed by atoms with Crippen molar-refractivity contribution in [3.63, 3.8) is 0 Å². The molecule has 1 heterocycles. The number of halogens is 2. The number of rotatable bonds is 3. The fourth-order valence-electron chi connectivity index (χ4n) is 1.83. The van der Waals surface area contributed by atoms with Crippen molar-refractivity contribution in [2.75, 3.05) is 0 Å². The largest absolute Gasteiger partial charge is 0.436 e. The van der Waals surface area contributed by atoms with E-state index in [9.17, 15) is 4.39 Å².